The lowest BCUT2D eigenvalue weighted by Gasteiger charge is -2.04. The van der Waals surface area contributed by atoms with E-state index in [1.807, 2.05) is 6.07 Å². The third-order valence-corrected chi connectivity index (χ3v) is 2.14. The molecule has 0 amide bonds. The van der Waals surface area contributed by atoms with Crippen molar-refractivity contribution in [1.82, 2.24) is 0 Å². The van der Waals surface area contributed by atoms with E-state index in [1.165, 1.54) is 0 Å². The third-order valence-electron chi connectivity index (χ3n) is 2.14. The van der Waals surface area contributed by atoms with E-state index in [1.54, 1.807) is 32.4 Å². The molecule has 0 N–H and O–H groups in total. The first-order valence-corrected chi connectivity index (χ1v) is 4.34. The topological polar surface area (TPSA) is 55.4 Å². The number of ether oxygens (including phenoxy) is 2. The van der Waals surface area contributed by atoms with E-state index in [9.17, 15) is 0 Å². The lowest BCUT2D eigenvalue weighted by atomic mass is 10.2. The van der Waals surface area contributed by atoms with Crippen molar-refractivity contribution in [1.29, 1.82) is 5.26 Å². The summed E-state index contributed by atoms with van der Waals surface area (Å²) in [5, 5.41) is 9.49. The average molecular weight is 203 g/mol. The zero-order valence-corrected chi connectivity index (χ0v) is 8.40. The first-order chi connectivity index (χ1) is 7.28. The van der Waals surface area contributed by atoms with Gasteiger partial charge in [0.25, 0.3) is 0 Å². The molecule has 0 unspecified atom stereocenters. The summed E-state index contributed by atoms with van der Waals surface area (Å²) in [4.78, 5) is 0. The molecule has 1 heterocycles. The van der Waals surface area contributed by atoms with E-state index < -0.39 is 0 Å². The highest BCUT2D eigenvalue weighted by molar-refractivity contribution is 5.86. The van der Waals surface area contributed by atoms with Crippen molar-refractivity contribution in [3.05, 3.63) is 24.0 Å². The van der Waals surface area contributed by atoms with Crippen molar-refractivity contribution in [3.63, 3.8) is 0 Å². The van der Waals surface area contributed by atoms with Gasteiger partial charge in [0.1, 0.15) is 23.2 Å². The fourth-order valence-electron chi connectivity index (χ4n) is 1.42. The molecular weight excluding hydrogens is 194 g/mol. The smallest absolute Gasteiger partial charge is 0.204 e. The van der Waals surface area contributed by atoms with E-state index in [-0.39, 0.29) is 5.76 Å². The Labute approximate surface area is 86.6 Å². The molecule has 4 nitrogen and oxygen atoms in total. The van der Waals surface area contributed by atoms with Crippen LogP contribution in [0.15, 0.2) is 22.6 Å². The van der Waals surface area contributed by atoms with Gasteiger partial charge in [0, 0.05) is 18.2 Å². The molecule has 0 spiro atoms. The first-order valence-electron chi connectivity index (χ1n) is 4.34. The Morgan fingerprint density at radius 1 is 1.20 bits per heavy atom. The van der Waals surface area contributed by atoms with Crippen LogP contribution >= 0.6 is 0 Å². The molecule has 0 saturated heterocycles. The normalized spacial score (nSPS) is 9.93. The summed E-state index contributed by atoms with van der Waals surface area (Å²) in [5.74, 6) is 1.53. The Bertz CT molecular complexity index is 536. The number of furan rings is 1. The summed E-state index contributed by atoms with van der Waals surface area (Å²) in [6, 6.07) is 7.06. The molecule has 2 rings (SSSR count). The fourth-order valence-corrected chi connectivity index (χ4v) is 1.42. The summed E-state index contributed by atoms with van der Waals surface area (Å²) in [5.41, 5.74) is 0.586. The Hall–Kier alpha value is -2.15. The molecule has 0 bridgehead atoms. The van der Waals surface area contributed by atoms with Crippen LogP contribution in [0.5, 0.6) is 11.5 Å². The first kappa shape index (κ1) is 9.41. The molecule has 0 fully saturated rings. The number of methoxy groups -OCH3 is 2. The lowest BCUT2D eigenvalue weighted by molar-refractivity contribution is 0.397. The minimum Gasteiger partial charge on any atom is -0.496 e. The second-order valence-electron chi connectivity index (χ2n) is 2.96. The van der Waals surface area contributed by atoms with Gasteiger partial charge in [0.05, 0.1) is 19.6 Å². The van der Waals surface area contributed by atoms with Gasteiger partial charge in [0.2, 0.25) is 5.76 Å². The molecule has 0 atom stereocenters. The van der Waals surface area contributed by atoms with Gasteiger partial charge in [0.15, 0.2) is 0 Å². The molecule has 0 aliphatic heterocycles. The molecule has 2 aromatic rings. The van der Waals surface area contributed by atoms with E-state index in [2.05, 4.69) is 0 Å². The highest BCUT2D eigenvalue weighted by Gasteiger charge is 2.10. The predicted molar refractivity (Wildman–Crippen MR) is 54.0 cm³/mol. The van der Waals surface area contributed by atoms with E-state index in [0.717, 1.165) is 5.39 Å². The number of hydrogen-bond donors (Lipinski definition) is 0. The monoisotopic (exact) mass is 203 g/mol. The van der Waals surface area contributed by atoms with Crippen molar-refractivity contribution in [2.24, 2.45) is 0 Å². The Balaban J connectivity index is 2.73. The lowest BCUT2D eigenvalue weighted by Crippen LogP contribution is -1.86. The third kappa shape index (κ3) is 1.48. The molecule has 0 saturated carbocycles. The summed E-state index contributed by atoms with van der Waals surface area (Å²) in [6.07, 6.45) is 0. The van der Waals surface area contributed by atoms with Crippen LogP contribution in [0.4, 0.5) is 0 Å². The number of hydrogen-bond acceptors (Lipinski definition) is 4. The van der Waals surface area contributed by atoms with E-state index in [4.69, 9.17) is 19.2 Å². The van der Waals surface area contributed by atoms with Gasteiger partial charge >= 0.3 is 0 Å². The van der Waals surface area contributed by atoms with Crippen LogP contribution in [0.2, 0.25) is 0 Å². The number of nitrogens with zero attached hydrogens (tertiary/aromatic N) is 1. The molecule has 4 heteroatoms. The Morgan fingerprint density at radius 3 is 2.60 bits per heavy atom. The number of benzene rings is 1. The van der Waals surface area contributed by atoms with Gasteiger partial charge in [-0.15, -0.1) is 0 Å². The van der Waals surface area contributed by atoms with Crippen molar-refractivity contribution < 1.29 is 13.9 Å². The largest absolute Gasteiger partial charge is 0.496 e. The summed E-state index contributed by atoms with van der Waals surface area (Å²) >= 11 is 0. The minimum absolute atomic E-state index is 0.261. The highest BCUT2D eigenvalue weighted by atomic mass is 16.5. The Kier molecular flexibility index (Phi) is 2.22. The van der Waals surface area contributed by atoms with Gasteiger partial charge < -0.3 is 13.9 Å². The van der Waals surface area contributed by atoms with Crippen LogP contribution in [0.3, 0.4) is 0 Å². The molecule has 0 radical (unpaired) electrons. The second-order valence-corrected chi connectivity index (χ2v) is 2.96. The Morgan fingerprint density at radius 2 is 2.00 bits per heavy atom. The molecular formula is C11H9NO3. The minimum atomic E-state index is 0.261. The van der Waals surface area contributed by atoms with Crippen LogP contribution < -0.4 is 9.47 Å². The van der Waals surface area contributed by atoms with Crippen molar-refractivity contribution in [2.75, 3.05) is 14.2 Å². The predicted octanol–water partition coefficient (Wildman–Crippen LogP) is 2.32. The molecule has 76 valence electrons. The molecule has 1 aromatic carbocycles. The van der Waals surface area contributed by atoms with Crippen LogP contribution in [0.25, 0.3) is 11.0 Å². The number of rotatable bonds is 2. The molecule has 0 aliphatic carbocycles. The van der Waals surface area contributed by atoms with Crippen LogP contribution in [0, 0.1) is 11.3 Å². The summed E-state index contributed by atoms with van der Waals surface area (Å²) < 4.78 is 15.5. The van der Waals surface area contributed by atoms with Crippen LogP contribution in [-0.2, 0) is 0 Å². The highest BCUT2D eigenvalue weighted by Crippen LogP contribution is 2.33. The summed E-state index contributed by atoms with van der Waals surface area (Å²) in [6.45, 7) is 0. The van der Waals surface area contributed by atoms with Gasteiger partial charge in [-0.3, -0.25) is 0 Å². The quantitative estimate of drug-likeness (QED) is 0.751. The maximum atomic E-state index is 8.71. The molecule has 15 heavy (non-hydrogen) atoms. The van der Waals surface area contributed by atoms with Gasteiger partial charge in [-0.25, -0.2) is 0 Å². The van der Waals surface area contributed by atoms with Gasteiger partial charge in [-0.1, -0.05) is 0 Å². The van der Waals surface area contributed by atoms with E-state index in [0.29, 0.717) is 17.1 Å². The van der Waals surface area contributed by atoms with Crippen LogP contribution in [-0.4, -0.2) is 14.2 Å². The zero-order valence-electron chi connectivity index (χ0n) is 8.40. The van der Waals surface area contributed by atoms with Crippen molar-refractivity contribution in [2.45, 2.75) is 0 Å². The maximum Gasteiger partial charge on any atom is 0.204 e. The number of fused-ring (bicyclic) bond motifs is 1. The number of nitriles is 1. The van der Waals surface area contributed by atoms with Crippen molar-refractivity contribution in [3.8, 4) is 17.6 Å². The summed E-state index contributed by atoms with van der Waals surface area (Å²) in [7, 11) is 3.13. The fraction of sp³-hybridized carbons (Fsp3) is 0.182. The SMILES string of the molecule is COc1cc(OC)c2cc(C#N)oc2c1. The van der Waals surface area contributed by atoms with Gasteiger partial charge in [-0.2, -0.15) is 5.26 Å². The van der Waals surface area contributed by atoms with Crippen molar-refractivity contribution >= 4 is 11.0 Å². The van der Waals surface area contributed by atoms with Crippen LogP contribution in [0.1, 0.15) is 5.76 Å². The molecule has 0 aliphatic rings. The van der Waals surface area contributed by atoms with E-state index >= 15 is 0 Å². The second kappa shape index (κ2) is 3.54. The standard InChI is InChI=1S/C11H9NO3/c1-13-7-4-10(14-2)9-3-8(6-12)15-11(9)5-7/h3-5H,1-2H3. The molecule has 1 aromatic heterocycles. The zero-order chi connectivity index (χ0) is 10.8. The van der Waals surface area contributed by atoms with Gasteiger partial charge in [-0.05, 0) is 0 Å². The maximum absolute atomic E-state index is 8.71. The average Bonchev–Trinajstić information content (AvgIpc) is 2.70.